The Morgan fingerprint density at radius 3 is 2.48 bits per heavy atom. The van der Waals surface area contributed by atoms with E-state index in [1.54, 1.807) is 4.72 Å². The summed E-state index contributed by atoms with van der Waals surface area (Å²) in [5, 5.41) is 0. The maximum absolute atomic E-state index is 13.2. The number of fused-ring (bicyclic) bond motifs is 2. The number of rotatable bonds is 4. The second-order valence-electron chi connectivity index (χ2n) is 6.27. The first kappa shape index (κ1) is 17.0. The number of hydrogen-bond acceptors (Lipinski definition) is 5. The monoisotopic (exact) mass is 357 g/mol. The highest BCUT2D eigenvalue weighted by molar-refractivity contribution is 7.90. The van der Waals surface area contributed by atoms with E-state index in [-0.39, 0.29) is 6.42 Å². The van der Waals surface area contributed by atoms with Gasteiger partial charge in [-0.05, 0) is 25.7 Å². The molecule has 5 unspecified atom stereocenters. The Hall–Kier alpha value is -0.870. The average molecular weight is 357 g/mol. The summed E-state index contributed by atoms with van der Waals surface area (Å²) in [6, 6.07) is 0. The van der Waals surface area contributed by atoms with E-state index in [1.165, 1.54) is 0 Å². The van der Waals surface area contributed by atoms with Crippen molar-refractivity contribution in [2.24, 2.45) is 11.8 Å². The fourth-order valence-corrected chi connectivity index (χ4v) is 4.99. The van der Waals surface area contributed by atoms with Crippen molar-refractivity contribution in [1.29, 1.82) is 0 Å². The molecule has 1 amide bonds. The Balaban J connectivity index is 1.69. The Bertz CT molecular complexity index is 573. The zero-order chi connectivity index (χ0) is 16.8. The molecule has 3 fully saturated rings. The van der Waals surface area contributed by atoms with Crippen LogP contribution in [0.3, 0.4) is 0 Å². The van der Waals surface area contributed by atoms with Gasteiger partial charge >= 0.3 is 6.18 Å². The number of alkyl halides is 3. The Morgan fingerprint density at radius 2 is 1.87 bits per heavy atom. The molecule has 1 N–H and O–H groups in total. The van der Waals surface area contributed by atoms with Crippen LogP contribution in [0.15, 0.2) is 0 Å². The van der Waals surface area contributed by atoms with E-state index in [9.17, 15) is 26.4 Å². The summed E-state index contributed by atoms with van der Waals surface area (Å²) < 4.78 is 75.6. The van der Waals surface area contributed by atoms with Crippen LogP contribution in [0.2, 0.25) is 0 Å². The lowest BCUT2D eigenvalue weighted by Crippen LogP contribution is -2.48. The lowest BCUT2D eigenvalue weighted by Gasteiger charge is -2.28. The number of carbonyl (C=O) groups excluding carboxylic acids is 1. The quantitative estimate of drug-likeness (QED) is 0.811. The van der Waals surface area contributed by atoms with Gasteiger partial charge in [0.25, 0.3) is 0 Å². The molecule has 23 heavy (non-hydrogen) atoms. The van der Waals surface area contributed by atoms with Crippen LogP contribution in [0.1, 0.15) is 25.7 Å². The van der Waals surface area contributed by atoms with E-state index in [4.69, 9.17) is 9.47 Å². The number of ether oxygens (including phenoxy) is 2. The third-order valence-corrected chi connectivity index (χ3v) is 5.96. The van der Waals surface area contributed by atoms with Crippen molar-refractivity contribution in [3.63, 3.8) is 0 Å². The molecule has 0 spiro atoms. The second-order valence-corrected chi connectivity index (χ2v) is 8.03. The van der Waals surface area contributed by atoms with Crippen LogP contribution in [0, 0.1) is 11.8 Å². The van der Waals surface area contributed by atoms with E-state index >= 15 is 0 Å². The minimum absolute atomic E-state index is 0.237. The molecule has 6 nitrogen and oxygen atoms in total. The summed E-state index contributed by atoms with van der Waals surface area (Å²) in [4.78, 5) is 12.2. The van der Waals surface area contributed by atoms with Gasteiger partial charge in [-0.1, -0.05) is 0 Å². The SMILES string of the molecule is O=C(NS(=O)(=O)CC1CCCO1)C1C2CCC(O2)C1C(F)(F)F. The lowest BCUT2D eigenvalue weighted by atomic mass is 9.78. The molecular weight excluding hydrogens is 339 g/mol. The average Bonchev–Trinajstić information content (AvgIpc) is 3.10. The van der Waals surface area contributed by atoms with Crippen molar-refractivity contribution < 1.29 is 35.9 Å². The highest BCUT2D eigenvalue weighted by Gasteiger charge is 2.62. The van der Waals surface area contributed by atoms with Gasteiger partial charge < -0.3 is 9.47 Å². The normalized spacial score (nSPS) is 37.3. The zero-order valence-corrected chi connectivity index (χ0v) is 13.0. The van der Waals surface area contributed by atoms with Gasteiger partial charge in [-0.2, -0.15) is 13.2 Å². The van der Waals surface area contributed by atoms with E-state index < -0.39 is 58.0 Å². The van der Waals surface area contributed by atoms with Crippen LogP contribution in [0.5, 0.6) is 0 Å². The first-order valence-electron chi connectivity index (χ1n) is 7.55. The standard InChI is InChI=1S/C13H18F3NO5S/c14-13(15,16)11-9-4-3-8(22-9)10(11)12(18)17-23(19,20)6-7-2-1-5-21-7/h7-11H,1-6H2,(H,17,18). The largest absolute Gasteiger partial charge is 0.395 e. The molecular formula is C13H18F3NO5S. The van der Waals surface area contributed by atoms with Crippen LogP contribution < -0.4 is 4.72 Å². The van der Waals surface area contributed by atoms with E-state index in [0.717, 1.165) is 6.42 Å². The second kappa shape index (κ2) is 5.89. The zero-order valence-electron chi connectivity index (χ0n) is 12.2. The molecule has 0 aromatic carbocycles. The van der Waals surface area contributed by atoms with Gasteiger partial charge in [0.15, 0.2) is 0 Å². The molecule has 3 saturated heterocycles. The van der Waals surface area contributed by atoms with E-state index in [1.807, 2.05) is 0 Å². The molecule has 3 rings (SSSR count). The summed E-state index contributed by atoms with van der Waals surface area (Å²) in [5.74, 6) is -5.00. The molecule has 0 saturated carbocycles. The third-order valence-electron chi connectivity index (χ3n) is 4.64. The van der Waals surface area contributed by atoms with E-state index in [0.29, 0.717) is 19.4 Å². The highest BCUT2D eigenvalue weighted by Crippen LogP contribution is 2.50. The molecule has 0 aromatic rings. The number of amides is 1. The van der Waals surface area contributed by atoms with Crippen LogP contribution >= 0.6 is 0 Å². The summed E-state index contributed by atoms with van der Waals surface area (Å²) in [5.41, 5.74) is 0. The summed E-state index contributed by atoms with van der Waals surface area (Å²) in [6.45, 7) is 0.449. The van der Waals surface area contributed by atoms with Gasteiger partial charge in [-0.3, -0.25) is 9.52 Å². The predicted molar refractivity (Wildman–Crippen MR) is 71.8 cm³/mol. The summed E-state index contributed by atoms with van der Waals surface area (Å²) in [7, 11) is -4.03. The molecule has 0 aromatic heterocycles. The Kier molecular flexibility index (Phi) is 4.35. The maximum Gasteiger partial charge on any atom is 0.395 e. The Labute approximate surface area is 131 Å². The van der Waals surface area contributed by atoms with E-state index in [2.05, 4.69) is 0 Å². The number of sulfonamides is 1. The molecule has 10 heteroatoms. The van der Waals surface area contributed by atoms with Crippen LogP contribution in [-0.4, -0.2) is 51.2 Å². The molecule has 3 aliphatic heterocycles. The third kappa shape index (κ3) is 3.48. The van der Waals surface area contributed by atoms with Gasteiger partial charge in [0.05, 0.1) is 35.9 Å². The number of nitrogens with one attached hydrogen (secondary N) is 1. The minimum Gasteiger partial charge on any atom is -0.377 e. The lowest BCUT2D eigenvalue weighted by molar-refractivity contribution is -0.197. The smallest absolute Gasteiger partial charge is 0.377 e. The van der Waals surface area contributed by atoms with Crippen molar-refractivity contribution in [2.75, 3.05) is 12.4 Å². The minimum atomic E-state index is -4.60. The van der Waals surface area contributed by atoms with Gasteiger partial charge in [0.2, 0.25) is 15.9 Å². The van der Waals surface area contributed by atoms with Gasteiger partial charge in [-0.15, -0.1) is 0 Å². The molecule has 132 valence electrons. The van der Waals surface area contributed by atoms with Crippen LogP contribution in [0.4, 0.5) is 13.2 Å². The molecule has 5 atom stereocenters. The van der Waals surface area contributed by atoms with Gasteiger partial charge in [0, 0.05) is 6.61 Å². The summed E-state index contributed by atoms with van der Waals surface area (Å²) in [6.07, 6.45) is -5.19. The molecule has 2 bridgehead atoms. The number of carbonyl (C=O) groups is 1. The van der Waals surface area contributed by atoms with Crippen molar-refractivity contribution in [1.82, 2.24) is 4.72 Å². The van der Waals surface area contributed by atoms with Crippen LogP contribution in [0.25, 0.3) is 0 Å². The van der Waals surface area contributed by atoms with Gasteiger partial charge in [-0.25, -0.2) is 8.42 Å². The number of halogens is 3. The van der Waals surface area contributed by atoms with Crippen LogP contribution in [-0.2, 0) is 24.3 Å². The molecule has 3 heterocycles. The van der Waals surface area contributed by atoms with Crippen molar-refractivity contribution in [3.05, 3.63) is 0 Å². The highest BCUT2D eigenvalue weighted by atomic mass is 32.2. The molecule has 0 aliphatic carbocycles. The number of hydrogen-bond donors (Lipinski definition) is 1. The molecule has 3 aliphatic rings. The van der Waals surface area contributed by atoms with Crippen molar-refractivity contribution in [3.8, 4) is 0 Å². The molecule has 0 radical (unpaired) electrons. The van der Waals surface area contributed by atoms with Crippen molar-refractivity contribution >= 4 is 15.9 Å². The van der Waals surface area contributed by atoms with Crippen molar-refractivity contribution in [2.45, 2.75) is 50.2 Å². The first-order valence-corrected chi connectivity index (χ1v) is 9.21. The Morgan fingerprint density at radius 1 is 1.17 bits per heavy atom. The first-order chi connectivity index (χ1) is 10.7. The predicted octanol–water partition coefficient (Wildman–Crippen LogP) is 0.967. The fourth-order valence-electron chi connectivity index (χ4n) is 3.71. The van der Waals surface area contributed by atoms with Gasteiger partial charge in [0.1, 0.15) is 0 Å². The topological polar surface area (TPSA) is 81.7 Å². The fraction of sp³-hybridized carbons (Fsp3) is 0.923. The maximum atomic E-state index is 13.2. The summed E-state index contributed by atoms with van der Waals surface area (Å²) >= 11 is 0.